The van der Waals surface area contributed by atoms with E-state index in [0.717, 1.165) is 25.9 Å². The summed E-state index contributed by atoms with van der Waals surface area (Å²) in [5.74, 6) is 0.180. The van der Waals surface area contributed by atoms with Gasteiger partial charge in [0, 0.05) is 6.61 Å². The lowest BCUT2D eigenvalue weighted by Crippen LogP contribution is -2.25. The maximum Gasteiger partial charge on any atom is 0.573 e. The highest BCUT2D eigenvalue weighted by Gasteiger charge is 2.32. The van der Waals surface area contributed by atoms with Crippen LogP contribution in [0.15, 0.2) is 22.7 Å². The molecule has 1 aliphatic heterocycles. The molecule has 1 aliphatic rings. The zero-order valence-electron chi connectivity index (χ0n) is 10.6. The Morgan fingerprint density at radius 1 is 1.30 bits per heavy atom. The number of benzene rings is 1. The van der Waals surface area contributed by atoms with E-state index in [1.807, 2.05) is 0 Å². The predicted octanol–water partition coefficient (Wildman–Crippen LogP) is 4.30. The average Bonchev–Trinajstić information content (AvgIpc) is 2.39. The number of halogens is 4. The highest BCUT2D eigenvalue weighted by Crippen LogP contribution is 2.33. The van der Waals surface area contributed by atoms with Crippen LogP contribution < -0.4 is 9.47 Å². The van der Waals surface area contributed by atoms with Gasteiger partial charge in [0.1, 0.15) is 18.1 Å². The minimum Gasteiger partial charge on any atom is -0.491 e. The highest BCUT2D eigenvalue weighted by atomic mass is 79.9. The Balaban J connectivity index is 1.91. The number of hydrogen-bond acceptors (Lipinski definition) is 3. The summed E-state index contributed by atoms with van der Waals surface area (Å²) in [6.45, 7) is 1.13. The maximum atomic E-state index is 12.1. The van der Waals surface area contributed by atoms with E-state index in [4.69, 9.17) is 9.47 Å². The summed E-state index contributed by atoms with van der Waals surface area (Å²) < 4.78 is 51.4. The van der Waals surface area contributed by atoms with E-state index in [-0.39, 0.29) is 16.3 Å². The largest absolute Gasteiger partial charge is 0.573 e. The van der Waals surface area contributed by atoms with Crippen LogP contribution in [-0.2, 0) is 4.74 Å². The van der Waals surface area contributed by atoms with E-state index in [2.05, 4.69) is 20.7 Å². The second-order valence-electron chi connectivity index (χ2n) is 4.44. The molecule has 20 heavy (non-hydrogen) atoms. The Morgan fingerprint density at radius 2 is 2.10 bits per heavy atom. The van der Waals surface area contributed by atoms with Gasteiger partial charge in [0.25, 0.3) is 0 Å². The molecule has 0 radical (unpaired) electrons. The topological polar surface area (TPSA) is 27.7 Å². The summed E-state index contributed by atoms with van der Waals surface area (Å²) in [7, 11) is 0. The average molecular weight is 355 g/mol. The number of ether oxygens (including phenoxy) is 3. The Morgan fingerprint density at radius 3 is 2.70 bits per heavy atom. The maximum absolute atomic E-state index is 12.1. The van der Waals surface area contributed by atoms with Gasteiger partial charge >= 0.3 is 6.36 Å². The molecule has 0 amide bonds. The Kier molecular flexibility index (Phi) is 5.15. The van der Waals surface area contributed by atoms with Gasteiger partial charge in [0.2, 0.25) is 0 Å². The molecule has 0 spiro atoms. The first-order valence-corrected chi connectivity index (χ1v) is 7.03. The van der Waals surface area contributed by atoms with Gasteiger partial charge < -0.3 is 14.2 Å². The van der Waals surface area contributed by atoms with Crippen molar-refractivity contribution >= 4 is 15.9 Å². The van der Waals surface area contributed by atoms with Crippen molar-refractivity contribution in [3.8, 4) is 11.5 Å². The first kappa shape index (κ1) is 15.4. The molecule has 3 nitrogen and oxygen atoms in total. The van der Waals surface area contributed by atoms with Gasteiger partial charge in [0.15, 0.2) is 0 Å². The van der Waals surface area contributed by atoms with Crippen molar-refractivity contribution in [2.24, 2.45) is 0 Å². The second kappa shape index (κ2) is 6.67. The van der Waals surface area contributed by atoms with E-state index >= 15 is 0 Å². The molecule has 0 N–H and O–H groups in total. The van der Waals surface area contributed by atoms with Crippen LogP contribution in [0.5, 0.6) is 11.5 Å². The fourth-order valence-corrected chi connectivity index (χ4v) is 2.35. The third-order valence-corrected chi connectivity index (χ3v) is 3.46. The van der Waals surface area contributed by atoms with E-state index in [1.165, 1.54) is 18.2 Å². The summed E-state index contributed by atoms with van der Waals surface area (Å²) in [5.41, 5.74) is 0. The molecule has 7 heteroatoms. The molecule has 0 aliphatic carbocycles. The SMILES string of the molecule is FC(F)(F)Oc1ccc(OCC2CCCCO2)cc1Br. The van der Waals surface area contributed by atoms with Crippen molar-refractivity contribution in [2.75, 3.05) is 13.2 Å². The Labute approximate surface area is 123 Å². The minimum atomic E-state index is -4.71. The van der Waals surface area contributed by atoms with Gasteiger partial charge in [-0.05, 0) is 53.4 Å². The summed E-state index contributed by atoms with van der Waals surface area (Å²) in [6, 6.07) is 4.10. The molecule has 1 saturated heterocycles. The highest BCUT2D eigenvalue weighted by molar-refractivity contribution is 9.10. The van der Waals surface area contributed by atoms with E-state index < -0.39 is 6.36 Å². The summed E-state index contributed by atoms with van der Waals surface area (Å²) in [6.07, 6.45) is -1.55. The minimum absolute atomic E-state index is 0.0497. The Bertz CT molecular complexity index is 445. The van der Waals surface area contributed by atoms with Crippen molar-refractivity contribution in [2.45, 2.75) is 31.7 Å². The van der Waals surface area contributed by atoms with Gasteiger partial charge in [-0.1, -0.05) is 0 Å². The molecule has 112 valence electrons. The number of alkyl halides is 3. The molecule has 1 aromatic rings. The molecule has 1 heterocycles. The van der Waals surface area contributed by atoms with E-state index in [9.17, 15) is 13.2 Å². The lowest BCUT2D eigenvalue weighted by molar-refractivity contribution is -0.274. The fraction of sp³-hybridized carbons (Fsp3) is 0.538. The molecule has 0 saturated carbocycles. The molecule has 1 fully saturated rings. The molecule has 0 aromatic heterocycles. The molecular weight excluding hydrogens is 341 g/mol. The summed E-state index contributed by atoms with van der Waals surface area (Å²) in [4.78, 5) is 0. The van der Waals surface area contributed by atoms with Crippen LogP contribution in [0.4, 0.5) is 13.2 Å². The van der Waals surface area contributed by atoms with Crippen molar-refractivity contribution in [3.05, 3.63) is 22.7 Å². The molecule has 1 unspecified atom stereocenters. The fourth-order valence-electron chi connectivity index (χ4n) is 1.91. The summed E-state index contributed by atoms with van der Waals surface area (Å²) >= 11 is 3.03. The molecule has 0 bridgehead atoms. The zero-order chi connectivity index (χ0) is 14.6. The van der Waals surface area contributed by atoms with Crippen LogP contribution in [0, 0.1) is 0 Å². The quantitative estimate of drug-likeness (QED) is 0.806. The zero-order valence-corrected chi connectivity index (χ0v) is 12.2. The van der Waals surface area contributed by atoms with Crippen LogP contribution >= 0.6 is 15.9 Å². The van der Waals surface area contributed by atoms with Crippen LogP contribution in [0.1, 0.15) is 19.3 Å². The third-order valence-electron chi connectivity index (χ3n) is 2.84. The van der Waals surface area contributed by atoms with Crippen LogP contribution in [0.25, 0.3) is 0 Å². The molecule has 1 aromatic carbocycles. The number of rotatable bonds is 4. The normalized spacial score (nSPS) is 19.7. The first-order valence-electron chi connectivity index (χ1n) is 6.24. The smallest absolute Gasteiger partial charge is 0.491 e. The lowest BCUT2D eigenvalue weighted by Gasteiger charge is -2.22. The van der Waals surface area contributed by atoms with Crippen molar-refractivity contribution < 1.29 is 27.4 Å². The van der Waals surface area contributed by atoms with Crippen LogP contribution in [0.2, 0.25) is 0 Å². The number of hydrogen-bond donors (Lipinski definition) is 0. The standard InChI is InChI=1S/C13H14BrF3O3/c14-11-7-9(4-5-12(11)20-13(15,16)17)19-8-10-3-1-2-6-18-10/h4-5,7,10H,1-3,6,8H2. The van der Waals surface area contributed by atoms with Crippen LogP contribution in [-0.4, -0.2) is 25.7 Å². The van der Waals surface area contributed by atoms with Crippen molar-refractivity contribution in [1.29, 1.82) is 0 Å². The van der Waals surface area contributed by atoms with Gasteiger partial charge in [-0.3, -0.25) is 0 Å². The van der Waals surface area contributed by atoms with Gasteiger partial charge in [-0.25, -0.2) is 0 Å². The Hall–Kier alpha value is -0.950. The van der Waals surface area contributed by atoms with Gasteiger partial charge in [0.05, 0.1) is 10.6 Å². The molecule has 2 rings (SSSR count). The van der Waals surface area contributed by atoms with Crippen molar-refractivity contribution in [1.82, 2.24) is 0 Å². The van der Waals surface area contributed by atoms with E-state index in [1.54, 1.807) is 0 Å². The van der Waals surface area contributed by atoms with Crippen molar-refractivity contribution in [3.63, 3.8) is 0 Å². The van der Waals surface area contributed by atoms with Gasteiger partial charge in [-0.2, -0.15) is 0 Å². The van der Waals surface area contributed by atoms with Gasteiger partial charge in [-0.15, -0.1) is 13.2 Å². The van der Waals surface area contributed by atoms with E-state index in [0.29, 0.717) is 12.4 Å². The lowest BCUT2D eigenvalue weighted by atomic mass is 10.1. The molecular formula is C13H14BrF3O3. The monoisotopic (exact) mass is 354 g/mol. The summed E-state index contributed by atoms with van der Waals surface area (Å²) in [5, 5.41) is 0. The van der Waals surface area contributed by atoms with Crippen LogP contribution in [0.3, 0.4) is 0 Å². The second-order valence-corrected chi connectivity index (χ2v) is 5.29. The predicted molar refractivity (Wildman–Crippen MR) is 69.9 cm³/mol. The molecule has 1 atom stereocenters. The third kappa shape index (κ3) is 4.86. The first-order chi connectivity index (χ1) is 9.44.